The summed E-state index contributed by atoms with van der Waals surface area (Å²) in [5.74, 6) is -0.208. The van der Waals surface area contributed by atoms with Gasteiger partial charge in [0.2, 0.25) is 0 Å². The molecule has 1 atom stereocenters. The average Bonchev–Trinajstić information content (AvgIpc) is 2.67. The van der Waals surface area contributed by atoms with Gasteiger partial charge >= 0.3 is 0 Å². The van der Waals surface area contributed by atoms with Crippen LogP contribution in [-0.4, -0.2) is 27.4 Å². The third-order valence-corrected chi connectivity index (χ3v) is 2.56. The summed E-state index contributed by atoms with van der Waals surface area (Å²) in [6.45, 7) is 2.54. The monoisotopic (exact) mass is 233 g/mol. The smallest absolute Gasteiger partial charge is 0.272 e. The highest BCUT2D eigenvalue weighted by molar-refractivity contribution is 7.03. The molecule has 1 heterocycles. The molecule has 1 amide bonds. The predicted molar refractivity (Wildman–Crippen MR) is 56.8 cm³/mol. The second kappa shape index (κ2) is 5.93. The summed E-state index contributed by atoms with van der Waals surface area (Å²) in [4.78, 5) is 11.3. The second-order valence-corrected chi connectivity index (χ2v) is 4.11. The molecule has 0 aliphatic rings. The summed E-state index contributed by atoms with van der Waals surface area (Å²) >= 11 is 7.10. The highest BCUT2D eigenvalue weighted by Crippen LogP contribution is 2.04. The molecular weight excluding hydrogens is 222 g/mol. The number of carbonyl (C=O) groups excluding carboxylic acids is 1. The number of nitrogens with zero attached hydrogens (tertiary/aromatic N) is 2. The maximum Gasteiger partial charge on any atom is 0.272 e. The molecule has 1 aromatic rings. The summed E-state index contributed by atoms with van der Waals surface area (Å²) in [5, 5.41) is 7.96. The number of nitrogens with one attached hydrogen (secondary N) is 1. The number of hydrogen-bond acceptors (Lipinski definition) is 4. The Morgan fingerprint density at radius 1 is 1.79 bits per heavy atom. The van der Waals surface area contributed by atoms with Gasteiger partial charge < -0.3 is 5.32 Å². The van der Waals surface area contributed by atoms with Gasteiger partial charge in [0.15, 0.2) is 5.69 Å². The van der Waals surface area contributed by atoms with Gasteiger partial charge in [-0.15, -0.1) is 16.7 Å². The molecule has 1 aromatic heterocycles. The van der Waals surface area contributed by atoms with E-state index in [-0.39, 0.29) is 11.3 Å². The van der Waals surface area contributed by atoms with Crippen LogP contribution >= 0.6 is 23.1 Å². The minimum Gasteiger partial charge on any atom is -0.349 e. The van der Waals surface area contributed by atoms with Crippen LogP contribution in [0.15, 0.2) is 5.38 Å². The van der Waals surface area contributed by atoms with Crippen molar-refractivity contribution in [2.75, 3.05) is 6.54 Å². The van der Waals surface area contributed by atoms with Crippen molar-refractivity contribution in [1.82, 2.24) is 14.9 Å². The van der Waals surface area contributed by atoms with E-state index in [1.54, 1.807) is 5.38 Å². The van der Waals surface area contributed by atoms with Crippen molar-refractivity contribution in [3.05, 3.63) is 11.1 Å². The first-order valence-electron chi connectivity index (χ1n) is 4.43. The highest BCUT2D eigenvalue weighted by Gasteiger charge is 2.10. The molecule has 0 fully saturated rings. The van der Waals surface area contributed by atoms with Crippen LogP contribution in [0.5, 0.6) is 0 Å². The SMILES string of the molecule is CCCC(Cl)CNC(=O)c1csnn1. The lowest BCUT2D eigenvalue weighted by Crippen LogP contribution is -2.29. The molecule has 0 radical (unpaired) electrons. The van der Waals surface area contributed by atoms with Crippen molar-refractivity contribution in [2.45, 2.75) is 25.1 Å². The zero-order valence-electron chi connectivity index (χ0n) is 7.86. The van der Waals surface area contributed by atoms with Gasteiger partial charge in [-0.2, -0.15) is 0 Å². The summed E-state index contributed by atoms with van der Waals surface area (Å²) in [6, 6.07) is 0. The first-order chi connectivity index (χ1) is 6.74. The van der Waals surface area contributed by atoms with Gasteiger partial charge in [0.05, 0.1) is 5.38 Å². The van der Waals surface area contributed by atoms with Crippen molar-refractivity contribution in [2.24, 2.45) is 0 Å². The molecule has 0 spiro atoms. The van der Waals surface area contributed by atoms with E-state index in [2.05, 4.69) is 21.8 Å². The zero-order chi connectivity index (χ0) is 10.4. The zero-order valence-corrected chi connectivity index (χ0v) is 9.44. The number of alkyl halides is 1. The van der Waals surface area contributed by atoms with Crippen LogP contribution in [0.2, 0.25) is 0 Å². The molecule has 14 heavy (non-hydrogen) atoms. The molecule has 0 aromatic carbocycles. The van der Waals surface area contributed by atoms with E-state index in [9.17, 15) is 4.79 Å². The van der Waals surface area contributed by atoms with E-state index >= 15 is 0 Å². The average molecular weight is 234 g/mol. The van der Waals surface area contributed by atoms with Crippen molar-refractivity contribution < 1.29 is 4.79 Å². The van der Waals surface area contributed by atoms with Gasteiger partial charge in [0.25, 0.3) is 5.91 Å². The Kier molecular flexibility index (Phi) is 4.82. The van der Waals surface area contributed by atoms with Gasteiger partial charge in [-0.05, 0) is 18.0 Å². The fourth-order valence-electron chi connectivity index (χ4n) is 0.973. The van der Waals surface area contributed by atoms with Crippen molar-refractivity contribution in [1.29, 1.82) is 0 Å². The Bertz CT molecular complexity index is 278. The maximum atomic E-state index is 11.3. The quantitative estimate of drug-likeness (QED) is 0.788. The lowest BCUT2D eigenvalue weighted by Gasteiger charge is -2.07. The number of amides is 1. The maximum absolute atomic E-state index is 11.3. The van der Waals surface area contributed by atoms with Crippen LogP contribution in [0.25, 0.3) is 0 Å². The number of carbonyl (C=O) groups is 1. The fourth-order valence-corrected chi connectivity index (χ4v) is 1.70. The molecule has 0 saturated heterocycles. The third-order valence-electron chi connectivity index (χ3n) is 1.68. The van der Waals surface area contributed by atoms with Crippen molar-refractivity contribution in [3.63, 3.8) is 0 Å². The predicted octanol–water partition coefficient (Wildman–Crippen LogP) is 1.68. The van der Waals surface area contributed by atoms with Crippen LogP contribution in [0, 0.1) is 0 Å². The molecule has 4 nitrogen and oxygen atoms in total. The summed E-state index contributed by atoms with van der Waals surface area (Å²) in [6.07, 6.45) is 1.92. The molecule has 78 valence electrons. The molecule has 1 unspecified atom stereocenters. The standard InChI is InChI=1S/C8H12ClN3OS/c1-2-3-6(9)4-10-8(13)7-5-14-12-11-7/h5-6H,2-4H2,1H3,(H,10,13). The second-order valence-electron chi connectivity index (χ2n) is 2.89. The van der Waals surface area contributed by atoms with Crippen molar-refractivity contribution in [3.8, 4) is 0 Å². The Balaban J connectivity index is 2.28. The highest BCUT2D eigenvalue weighted by atomic mass is 35.5. The Hall–Kier alpha value is -0.680. The normalized spacial score (nSPS) is 12.4. The van der Waals surface area contributed by atoms with Gasteiger partial charge in [-0.1, -0.05) is 17.8 Å². The van der Waals surface area contributed by atoms with Crippen LogP contribution in [0.3, 0.4) is 0 Å². The summed E-state index contributed by atoms with van der Waals surface area (Å²) < 4.78 is 3.60. The number of halogens is 1. The van der Waals surface area contributed by atoms with Crippen LogP contribution in [-0.2, 0) is 0 Å². The molecule has 0 saturated carbocycles. The lowest BCUT2D eigenvalue weighted by atomic mass is 10.2. The van der Waals surface area contributed by atoms with E-state index in [1.165, 1.54) is 0 Å². The van der Waals surface area contributed by atoms with E-state index in [1.807, 2.05) is 0 Å². The van der Waals surface area contributed by atoms with Gasteiger partial charge in [-0.3, -0.25) is 4.79 Å². The Labute approximate surface area is 91.8 Å². The molecule has 1 N–H and O–H groups in total. The van der Waals surface area contributed by atoms with E-state index in [0.29, 0.717) is 12.2 Å². The number of hydrogen-bond donors (Lipinski definition) is 1. The first kappa shape index (κ1) is 11.4. The van der Waals surface area contributed by atoms with Gasteiger partial charge in [0, 0.05) is 11.9 Å². The molecule has 0 bridgehead atoms. The lowest BCUT2D eigenvalue weighted by molar-refractivity contribution is 0.0948. The minimum atomic E-state index is -0.208. The molecular formula is C8H12ClN3OS. The van der Waals surface area contributed by atoms with E-state index in [4.69, 9.17) is 11.6 Å². The summed E-state index contributed by atoms with van der Waals surface area (Å²) in [7, 11) is 0. The van der Waals surface area contributed by atoms with Gasteiger partial charge in [-0.25, -0.2) is 0 Å². The van der Waals surface area contributed by atoms with Gasteiger partial charge in [0.1, 0.15) is 0 Å². The number of rotatable bonds is 5. The van der Waals surface area contributed by atoms with E-state index < -0.39 is 0 Å². The molecule has 0 aliphatic carbocycles. The Morgan fingerprint density at radius 2 is 2.57 bits per heavy atom. The van der Waals surface area contributed by atoms with Crippen LogP contribution < -0.4 is 5.32 Å². The van der Waals surface area contributed by atoms with Crippen molar-refractivity contribution >= 4 is 29.0 Å². The molecule has 0 aliphatic heterocycles. The summed E-state index contributed by atoms with van der Waals surface area (Å²) in [5.41, 5.74) is 0.357. The fraction of sp³-hybridized carbons (Fsp3) is 0.625. The molecule has 1 rings (SSSR count). The van der Waals surface area contributed by atoms with Crippen LogP contribution in [0.1, 0.15) is 30.3 Å². The molecule has 6 heteroatoms. The topological polar surface area (TPSA) is 54.9 Å². The Morgan fingerprint density at radius 3 is 3.14 bits per heavy atom. The first-order valence-corrected chi connectivity index (χ1v) is 5.70. The van der Waals surface area contributed by atoms with E-state index in [0.717, 1.165) is 24.4 Å². The number of aromatic nitrogens is 2. The third kappa shape index (κ3) is 3.59. The van der Waals surface area contributed by atoms with Crippen LogP contribution in [0.4, 0.5) is 0 Å². The minimum absolute atomic E-state index is 0.00413. The largest absolute Gasteiger partial charge is 0.349 e.